The van der Waals surface area contributed by atoms with Gasteiger partial charge in [-0.2, -0.15) is 4.98 Å². The minimum atomic E-state index is -1.11. The van der Waals surface area contributed by atoms with Gasteiger partial charge in [-0.3, -0.25) is 4.79 Å². The minimum Gasteiger partial charge on any atom is -0.480 e. The molecule has 8 nitrogen and oxygen atoms in total. The van der Waals surface area contributed by atoms with Gasteiger partial charge in [-0.15, -0.1) is 5.10 Å². The van der Waals surface area contributed by atoms with Crippen molar-refractivity contribution in [2.45, 2.75) is 33.2 Å². The lowest BCUT2D eigenvalue weighted by atomic mass is 10.2. The Balaban J connectivity index is 2.25. The smallest absolute Gasteiger partial charge is 0.326 e. The first-order valence-corrected chi connectivity index (χ1v) is 6.78. The van der Waals surface area contributed by atoms with Crippen molar-refractivity contribution in [2.24, 2.45) is 0 Å². The number of hydrogen-bond acceptors (Lipinski definition) is 5. The van der Waals surface area contributed by atoms with E-state index in [0.29, 0.717) is 5.78 Å². The summed E-state index contributed by atoms with van der Waals surface area (Å²) in [5.41, 5.74) is 1.55. The van der Waals surface area contributed by atoms with E-state index in [4.69, 9.17) is 5.11 Å². The number of amides is 1. The Morgan fingerprint density at radius 2 is 2.14 bits per heavy atom. The van der Waals surface area contributed by atoms with Crippen molar-refractivity contribution in [3.63, 3.8) is 0 Å². The van der Waals surface area contributed by atoms with E-state index in [9.17, 15) is 9.59 Å². The van der Waals surface area contributed by atoms with E-state index in [1.165, 1.54) is 4.52 Å². The molecule has 8 heteroatoms. The first kappa shape index (κ1) is 15.6. The molecule has 22 heavy (non-hydrogen) atoms. The summed E-state index contributed by atoms with van der Waals surface area (Å²) in [6.45, 7) is 5.42. The lowest BCUT2D eigenvalue weighted by Gasteiger charge is -2.10. The fourth-order valence-corrected chi connectivity index (χ4v) is 1.98. The van der Waals surface area contributed by atoms with Gasteiger partial charge >= 0.3 is 5.97 Å². The Bertz CT molecular complexity index is 750. The topological polar surface area (TPSA) is 109 Å². The Morgan fingerprint density at radius 3 is 2.77 bits per heavy atom. The first-order chi connectivity index (χ1) is 10.4. The van der Waals surface area contributed by atoms with Crippen molar-refractivity contribution in [2.75, 3.05) is 0 Å². The molecule has 2 N–H and O–H groups in total. The maximum absolute atomic E-state index is 12.1. The lowest BCUT2D eigenvalue weighted by Crippen LogP contribution is -2.40. The maximum atomic E-state index is 12.1. The Hall–Kier alpha value is -2.77. The van der Waals surface area contributed by atoms with Crippen LogP contribution < -0.4 is 5.32 Å². The molecule has 116 valence electrons. The molecule has 0 aromatic carbocycles. The standard InChI is InChI=1S/C14H17N5O3/c1-4-5-6-10(13(21)22)16-12(20)11-17-14-15-8(2)7-9(3)19(14)18-11/h4-5,7,10H,6H2,1-3H3,(H,16,20)(H,21,22)/b5-4+. The highest BCUT2D eigenvalue weighted by atomic mass is 16.4. The fourth-order valence-electron chi connectivity index (χ4n) is 1.98. The fraction of sp³-hybridized carbons (Fsp3) is 0.357. The van der Waals surface area contributed by atoms with Crippen molar-refractivity contribution in [1.82, 2.24) is 24.9 Å². The Labute approximate surface area is 126 Å². The molecule has 0 saturated heterocycles. The minimum absolute atomic E-state index is 0.104. The van der Waals surface area contributed by atoms with Gasteiger partial charge in [-0.1, -0.05) is 12.2 Å². The van der Waals surface area contributed by atoms with Crippen LogP contribution in [-0.2, 0) is 4.79 Å². The number of aliphatic carboxylic acids is 1. The van der Waals surface area contributed by atoms with Crippen LogP contribution in [0.3, 0.4) is 0 Å². The van der Waals surface area contributed by atoms with Crippen LogP contribution in [-0.4, -0.2) is 42.6 Å². The number of carbonyl (C=O) groups is 2. The maximum Gasteiger partial charge on any atom is 0.326 e. The highest BCUT2D eigenvalue weighted by Gasteiger charge is 2.22. The van der Waals surface area contributed by atoms with Gasteiger partial charge in [0.2, 0.25) is 5.82 Å². The quantitative estimate of drug-likeness (QED) is 0.794. The van der Waals surface area contributed by atoms with E-state index in [1.807, 2.05) is 19.9 Å². The predicted octanol–water partition coefficient (Wildman–Crippen LogP) is 0.890. The molecule has 0 bridgehead atoms. The van der Waals surface area contributed by atoms with Crippen LogP contribution in [0.5, 0.6) is 0 Å². The molecule has 0 saturated carbocycles. The number of fused-ring (bicyclic) bond motifs is 1. The summed E-state index contributed by atoms with van der Waals surface area (Å²) in [4.78, 5) is 31.5. The number of carbonyl (C=O) groups excluding carboxylic acids is 1. The normalized spacial score (nSPS) is 12.7. The summed E-state index contributed by atoms with van der Waals surface area (Å²) in [7, 11) is 0. The van der Waals surface area contributed by atoms with Crippen LogP contribution >= 0.6 is 0 Å². The zero-order valence-corrected chi connectivity index (χ0v) is 12.6. The Morgan fingerprint density at radius 1 is 1.41 bits per heavy atom. The summed E-state index contributed by atoms with van der Waals surface area (Å²) in [5.74, 6) is -1.55. The molecule has 0 radical (unpaired) electrons. The number of nitrogens with zero attached hydrogens (tertiary/aromatic N) is 4. The molecule has 2 aromatic rings. The summed E-state index contributed by atoms with van der Waals surface area (Å²) in [6.07, 6.45) is 3.59. The molecule has 1 unspecified atom stereocenters. The van der Waals surface area contributed by atoms with Gasteiger partial charge in [0.1, 0.15) is 6.04 Å². The monoisotopic (exact) mass is 303 g/mol. The molecule has 2 rings (SSSR count). The highest BCUT2D eigenvalue weighted by molar-refractivity contribution is 5.93. The van der Waals surface area contributed by atoms with Gasteiger partial charge < -0.3 is 10.4 Å². The number of aryl methyl sites for hydroxylation is 2. The van der Waals surface area contributed by atoms with Gasteiger partial charge in [-0.05, 0) is 33.3 Å². The van der Waals surface area contributed by atoms with Gasteiger partial charge in [0.15, 0.2) is 0 Å². The first-order valence-electron chi connectivity index (χ1n) is 6.78. The molecule has 0 spiro atoms. The molecule has 0 aliphatic rings. The van der Waals surface area contributed by atoms with E-state index in [0.717, 1.165) is 11.4 Å². The number of aromatic nitrogens is 4. The number of rotatable bonds is 5. The van der Waals surface area contributed by atoms with Crippen molar-refractivity contribution >= 4 is 17.7 Å². The van der Waals surface area contributed by atoms with Crippen LogP contribution in [0, 0.1) is 13.8 Å². The highest BCUT2D eigenvalue weighted by Crippen LogP contribution is 2.06. The van der Waals surface area contributed by atoms with E-state index >= 15 is 0 Å². The third kappa shape index (κ3) is 3.27. The van der Waals surface area contributed by atoms with Gasteiger partial charge in [0, 0.05) is 11.4 Å². The molecule has 1 amide bonds. The second-order valence-corrected chi connectivity index (χ2v) is 4.86. The molecular formula is C14H17N5O3. The Kier molecular flexibility index (Phi) is 4.50. The average molecular weight is 303 g/mol. The summed E-state index contributed by atoms with van der Waals surface area (Å²) in [6, 6.07) is 0.793. The number of carboxylic acids is 1. The lowest BCUT2D eigenvalue weighted by molar-refractivity contribution is -0.139. The summed E-state index contributed by atoms with van der Waals surface area (Å²) >= 11 is 0. The third-order valence-electron chi connectivity index (χ3n) is 3.03. The van der Waals surface area contributed by atoms with E-state index in [1.54, 1.807) is 19.1 Å². The number of nitrogens with one attached hydrogen (secondary N) is 1. The predicted molar refractivity (Wildman–Crippen MR) is 78.6 cm³/mol. The number of hydrogen-bond donors (Lipinski definition) is 2. The van der Waals surface area contributed by atoms with E-state index in [-0.39, 0.29) is 12.2 Å². The molecule has 1 atom stereocenters. The number of carboxylic acid groups (broad SMARTS) is 1. The zero-order valence-electron chi connectivity index (χ0n) is 12.6. The SMILES string of the molecule is C/C=C/CC(NC(=O)c1nc2nc(C)cc(C)n2n1)C(=O)O. The van der Waals surface area contributed by atoms with Crippen LogP contribution in [0.1, 0.15) is 35.4 Å². The van der Waals surface area contributed by atoms with Gasteiger partial charge in [-0.25, -0.2) is 14.3 Å². The summed E-state index contributed by atoms with van der Waals surface area (Å²) in [5, 5.41) is 15.6. The third-order valence-corrected chi connectivity index (χ3v) is 3.03. The van der Waals surface area contributed by atoms with Gasteiger partial charge in [0.25, 0.3) is 11.7 Å². The molecule has 2 aromatic heterocycles. The molecule has 0 aliphatic heterocycles. The average Bonchev–Trinajstić information content (AvgIpc) is 2.87. The van der Waals surface area contributed by atoms with Crippen molar-refractivity contribution < 1.29 is 14.7 Å². The van der Waals surface area contributed by atoms with E-state index in [2.05, 4.69) is 20.4 Å². The largest absolute Gasteiger partial charge is 0.480 e. The van der Waals surface area contributed by atoms with Crippen LogP contribution in [0.4, 0.5) is 0 Å². The van der Waals surface area contributed by atoms with E-state index < -0.39 is 17.9 Å². The van der Waals surface area contributed by atoms with Crippen LogP contribution in [0.25, 0.3) is 5.78 Å². The van der Waals surface area contributed by atoms with Gasteiger partial charge in [0.05, 0.1) is 0 Å². The molecule has 0 fully saturated rings. The van der Waals surface area contributed by atoms with Crippen molar-refractivity contribution in [3.8, 4) is 0 Å². The van der Waals surface area contributed by atoms with Crippen LogP contribution in [0.15, 0.2) is 18.2 Å². The second-order valence-electron chi connectivity index (χ2n) is 4.86. The zero-order chi connectivity index (χ0) is 16.3. The second kappa shape index (κ2) is 6.33. The van der Waals surface area contributed by atoms with Crippen molar-refractivity contribution in [3.05, 3.63) is 35.4 Å². The molecular weight excluding hydrogens is 286 g/mol. The number of allylic oxidation sites excluding steroid dienone is 1. The molecule has 0 aliphatic carbocycles. The summed E-state index contributed by atoms with van der Waals surface area (Å²) < 4.78 is 1.45. The molecule has 2 heterocycles. The van der Waals surface area contributed by atoms with Crippen LogP contribution in [0.2, 0.25) is 0 Å². The van der Waals surface area contributed by atoms with Crippen molar-refractivity contribution in [1.29, 1.82) is 0 Å².